The van der Waals surface area contributed by atoms with Gasteiger partial charge in [-0.05, 0) is 44.9 Å². The maximum Gasteiger partial charge on any atom is 0.408 e. The fraction of sp³-hybridized carbons (Fsp3) is 0.467. The minimum absolute atomic E-state index is 0.106. The molecule has 0 heterocycles. The van der Waals surface area contributed by atoms with Gasteiger partial charge in [0.05, 0.1) is 6.54 Å². The van der Waals surface area contributed by atoms with E-state index in [0.717, 1.165) is 5.56 Å². The van der Waals surface area contributed by atoms with Crippen molar-refractivity contribution >= 4 is 11.9 Å². The summed E-state index contributed by atoms with van der Waals surface area (Å²) in [6.45, 7) is 6.77. The molecular formula is C15H20FNO3. The van der Waals surface area contributed by atoms with E-state index in [2.05, 4.69) is 5.32 Å². The summed E-state index contributed by atoms with van der Waals surface area (Å²) in [5.74, 6) is -0.463. The van der Waals surface area contributed by atoms with Crippen molar-refractivity contribution in [1.29, 1.82) is 0 Å². The molecule has 20 heavy (non-hydrogen) atoms. The predicted octanol–water partition coefficient (Wildman–Crippen LogP) is 2.77. The summed E-state index contributed by atoms with van der Waals surface area (Å²) in [4.78, 5) is 23.1. The van der Waals surface area contributed by atoms with Crippen molar-refractivity contribution in [3.8, 4) is 0 Å². The van der Waals surface area contributed by atoms with E-state index in [9.17, 15) is 14.0 Å². The van der Waals surface area contributed by atoms with Gasteiger partial charge in [-0.1, -0.05) is 12.1 Å². The first-order chi connectivity index (χ1) is 9.17. The highest BCUT2D eigenvalue weighted by Crippen LogP contribution is 2.10. The Labute approximate surface area is 118 Å². The third-order valence-electron chi connectivity index (χ3n) is 2.45. The summed E-state index contributed by atoms with van der Waals surface area (Å²) in [5.41, 5.74) is 0.622. The van der Waals surface area contributed by atoms with Gasteiger partial charge in [-0.15, -0.1) is 0 Å². The van der Waals surface area contributed by atoms with Crippen LogP contribution in [0.5, 0.6) is 0 Å². The van der Waals surface area contributed by atoms with Crippen molar-refractivity contribution in [2.75, 3.05) is 6.54 Å². The van der Waals surface area contributed by atoms with Crippen molar-refractivity contribution in [1.82, 2.24) is 5.32 Å². The van der Waals surface area contributed by atoms with E-state index >= 15 is 0 Å². The molecule has 0 aromatic heterocycles. The minimum Gasteiger partial charge on any atom is -0.444 e. The van der Waals surface area contributed by atoms with Gasteiger partial charge in [0.25, 0.3) is 0 Å². The SMILES string of the molecule is Cc1cc(CC(=O)CNC(=O)OC(C)(C)C)ccc1F. The van der Waals surface area contributed by atoms with Gasteiger partial charge in [0, 0.05) is 6.42 Å². The molecule has 110 valence electrons. The van der Waals surface area contributed by atoms with Gasteiger partial charge >= 0.3 is 6.09 Å². The zero-order valence-corrected chi connectivity index (χ0v) is 12.2. The Morgan fingerprint density at radius 2 is 1.95 bits per heavy atom. The molecule has 0 fully saturated rings. The van der Waals surface area contributed by atoms with Crippen molar-refractivity contribution < 1.29 is 18.7 Å². The number of carbonyl (C=O) groups excluding carboxylic acids is 2. The van der Waals surface area contributed by atoms with E-state index in [0.29, 0.717) is 5.56 Å². The highest BCUT2D eigenvalue weighted by Gasteiger charge is 2.16. The van der Waals surface area contributed by atoms with Crippen LogP contribution in [0.2, 0.25) is 0 Å². The summed E-state index contributed by atoms with van der Waals surface area (Å²) in [6.07, 6.45) is -0.474. The standard InChI is InChI=1S/C15H20FNO3/c1-10-7-11(5-6-13(10)16)8-12(18)9-17-14(19)20-15(2,3)4/h5-7H,8-9H2,1-4H3,(H,17,19). The molecule has 0 saturated heterocycles. The molecule has 1 N–H and O–H groups in total. The molecule has 0 spiro atoms. The van der Waals surface area contributed by atoms with E-state index in [1.807, 2.05) is 0 Å². The van der Waals surface area contributed by atoms with Crippen LogP contribution in [0.4, 0.5) is 9.18 Å². The normalized spacial score (nSPS) is 11.1. The number of Topliss-reactive ketones (excluding diaryl/α,β-unsaturated/α-hetero) is 1. The lowest BCUT2D eigenvalue weighted by molar-refractivity contribution is -0.117. The van der Waals surface area contributed by atoms with Crippen molar-refractivity contribution in [3.63, 3.8) is 0 Å². The largest absolute Gasteiger partial charge is 0.444 e. The van der Waals surface area contributed by atoms with Crippen LogP contribution in [0.15, 0.2) is 18.2 Å². The smallest absolute Gasteiger partial charge is 0.408 e. The second-order valence-corrected chi connectivity index (χ2v) is 5.65. The number of carbonyl (C=O) groups is 2. The van der Waals surface area contributed by atoms with E-state index in [1.54, 1.807) is 39.8 Å². The molecule has 0 aliphatic heterocycles. The summed E-state index contributed by atoms with van der Waals surface area (Å²) >= 11 is 0. The lowest BCUT2D eigenvalue weighted by atomic mass is 10.1. The Morgan fingerprint density at radius 1 is 1.30 bits per heavy atom. The molecule has 5 heteroatoms. The molecule has 0 bridgehead atoms. The first kappa shape index (κ1) is 16.1. The Balaban J connectivity index is 2.44. The first-order valence-corrected chi connectivity index (χ1v) is 6.41. The molecule has 1 amide bonds. The molecular weight excluding hydrogens is 261 g/mol. The maximum atomic E-state index is 13.1. The molecule has 0 unspecified atom stereocenters. The predicted molar refractivity (Wildman–Crippen MR) is 74.1 cm³/mol. The molecule has 0 radical (unpaired) electrons. The monoisotopic (exact) mass is 281 g/mol. The van der Waals surface area contributed by atoms with Gasteiger partial charge in [-0.2, -0.15) is 0 Å². The van der Waals surface area contributed by atoms with Crippen LogP contribution < -0.4 is 5.32 Å². The van der Waals surface area contributed by atoms with Crippen LogP contribution in [0, 0.1) is 12.7 Å². The molecule has 1 aromatic carbocycles. The third kappa shape index (κ3) is 5.82. The van der Waals surface area contributed by atoms with Crippen LogP contribution in [0.25, 0.3) is 0 Å². The van der Waals surface area contributed by atoms with Gasteiger partial charge in [0.2, 0.25) is 0 Å². The number of hydrogen-bond donors (Lipinski definition) is 1. The Morgan fingerprint density at radius 3 is 2.50 bits per heavy atom. The second kappa shape index (κ2) is 6.50. The fourth-order valence-corrected chi connectivity index (χ4v) is 1.59. The van der Waals surface area contributed by atoms with Gasteiger partial charge in [-0.25, -0.2) is 9.18 Å². The molecule has 0 aliphatic carbocycles. The number of amides is 1. The lowest BCUT2D eigenvalue weighted by Crippen LogP contribution is -2.35. The Bertz CT molecular complexity index is 506. The zero-order valence-electron chi connectivity index (χ0n) is 12.2. The number of alkyl carbamates (subject to hydrolysis) is 1. The topological polar surface area (TPSA) is 55.4 Å². The van der Waals surface area contributed by atoms with E-state index in [1.165, 1.54) is 6.07 Å². The highest BCUT2D eigenvalue weighted by molar-refractivity contribution is 5.85. The van der Waals surface area contributed by atoms with Gasteiger partial charge in [0.1, 0.15) is 11.4 Å². The first-order valence-electron chi connectivity index (χ1n) is 6.41. The number of aryl methyl sites for hydroxylation is 1. The van der Waals surface area contributed by atoms with Crippen molar-refractivity contribution in [3.05, 3.63) is 35.1 Å². The molecule has 1 aromatic rings. The van der Waals surface area contributed by atoms with E-state index in [4.69, 9.17) is 4.74 Å². The zero-order chi connectivity index (χ0) is 15.3. The van der Waals surface area contributed by atoms with Crippen LogP contribution >= 0.6 is 0 Å². The van der Waals surface area contributed by atoms with E-state index in [-0.39, 0.29) is 24.6 Å². The second-order valence-electron chi connectivity index (χ2n) is 5.65. The number of ketones is 1. The highest BCUT2D eigenvalue weighted by atomic mass is 19.1. The summed E-state index contributed by atoms with van der Waals surface area (Å²) < 4.78 is 18.1. The van der Waals surface area contributed by atoms with E-state index < -0.39 is 11.7 Å². The third-order valence-corrected chi connectivity index (χ3v) is 2.45. The Hall–Kier alpha value is -1.91. The molecule has 1 rings (SSSR count). The maximum absolute atomic E-state index is 13.1. The van der Waals surface area contributed by atoms with Crippen molar-refractivity contribution in [2.24, 2.45) is 0 Å². The summed E-state index contributed by atoms with van der Waals surface area (Å²) in [7, 11) is 0. The molecule has 0 saturated carbocycles. The minimum atomic E-state index is -0.624. The number of benzene rings is 1. The van der Waals surface area contributed by atoms with Gasteiger partial charge in [-0.3, -0.25) is 4.79 Å². The number of nitrogens with one attached hydrogen (secondary N) is 1. The van der Waals surface area contributed by atoms with Crippen LogP contribution in [0.1, 0.15) is 31.9 Å². The molecule has 0 atom stereocenters. The van der Waals surface area contributed by atoms with Gasteiger partial charge in [0.15, 0.2) is 5.78 Å². The number of ether oxygens (including phenoxy) is 1. The van der Waals surface area contributed by atoms with Gasteiger partial charge < -0.3 is 10.1 Å². The van der Waals surface area contributed by atoms with Crippen molar-refractivity contribution in [2.45, 2.75) is 39.7 Å². The summed E-state index contributed by atoms with van der Waals surface area (Å²) in [5, 5.41) is 2.40. The number of hydrogen-bond acceptors (Lipinski definition) is 3. The average Bonchev–Trinajstić information content (AvgIpc) is 2.29. The Kier molecular flexibility index (Phi) is 5.25. The molecule has 4 nitrogen and oxygen atoms in total. The van der Waals surface area contributed by atoms with Crippen LogP contribution in [-0.2, 0) is 16.0 Å². The number of halogens is 1. The lowest BCUT2D eigenvalue weighted by Gasteiger charge is -2.19. The number of rotatable bonds is 4. The van der Waals surface area contributed by atoms with Crippen LogP contribution in [-0.4, -0.2) is 24.0 Å². The average molecular weight is 281 g/mol. The quantitative estimate of drug-likeness (QED) is 0.923. The summed E-state index contributed by atoms with van der Waals surface area (Å²) in [6, 6.07) is 4.52. The fourth-order valence-electron chi connectivity index (χ4n) is 1.59. The van der Waals surface area contributed by atoms with Crippen LogP contribution in [0.3, 0.4) is 0 Å². The molecule has 0 aliphatic rings.